The molecular weight excluding hydrogens is 248 g/mol. The molecule has 1 saturated carbocycles. The molecule has 5 heteroatoms. The van der Waals surface area contributed by atoms with Gasteiger partial charge in [0.15, 0.2) is 11.5 Å². The Kier molecular flexibility index (Phi) is 3.74. The van der Waals surface area contributed by atoms with Gasteiger partial charge in [-0.2, -0.15) is 0 Å². The molecule has 1 aromatic carbocycles. The summed E-state index contributed by atoms with van der Waals surface area (Å²) in [5, 5.41) is 0. The standard InChI is InChI=1S/C14H16O5/c1-8-6-10(8)14(16)19-11-5-4-9(13(15)18-3)7-12(11)17-2/h4-5,7-8,10H,6H2,1-3H3. The Labute approximate surface area is 111 Å². The summed E-state index contributed by atoms with van der Waals surface area (Å²) in [5.74, 6) is 0.297. The van der Waals surface area contributed by atoms with E-state index in [4.69, 9.17) is 9.47 Å². The van der Waals surface area contributed by atoms with Crippen molar-refractivity contribution in [3.8, 4) is 11.5 Å². The SMILES string of the molecule is COC(=O)c1ccc(OC(=O)C2CC2C)c(OC)c1. The van der Waals surface area contributed by atoms with Crippen LogP contribution in [0, 0.1) is 11.8 Å². The monoisotopic (exact) mass is 264 g/mol. The third-order valence-corrected chi connectivity index (χ3v) is 3.21. The lowest BCUT2D eigenvalue weighted by molar-refractivity contribution is -0.136. The van der Waals surface area contributed by atoms with Crippen molar-refractivity contribution in [2.45, 2.75) is 13.3 Å². The predicted molar refractivity (Wildman–Crippen MR) is 67.2 cm³/mol. The zero-order valence-corrected chi connectivity index (χ0v) is 11.1. The van der Waals surface area contributed by atoms with E-state index in [1.165, 1.54) is 32.4 Å². The Bertz CT molecular complexity index is 509. The lowest BCUT2D eigenvalue weighted by atomic mass is 10.2. The average Bonchev–Trinajstić information content (AvgIpc) is 3.15. The quantitative estimate of drug-likeness (QED) is 0.615. The molecule has 0 saturated heterocycles. The zero-order chi connectivity index (χ0) is 14.0. The molecule has 2 unspecified atom stereocenters. The van der Waals surface area contributed by atoms with E-state index in [1.54, 1.807) is 0 Å². The maximum absolute atomic E-state index is 11.8. The number of carbonyl (C=O) groups excluding carboxylic acids is 2. The van der Waals surface area contributed by atoms with Crippen LogP contribution in [0.3, 0.4) is 0 Å². The van der Waals surface area contributed by atoms with E-state index in [0.717, 1.165) is 6.42 Å². The number of hydrogen-bond acceptors (Lipinski definition) is 5. The number of esters is 2. The van der Waals surface area contributed by atoms with Crippen LogP contribution < -0.4 is 9.47 Å². The molecule has 0 amide bonds. The van der Waals surface area contributed by atoms with Crippen LogP contribution in [0.5, 0.6) is 11.5 Å². The van der Waals surface area contributed by atoms with Crippen LogP contribution in [-0.2, 0) is 9.53 Å². The maximum Gasteiger partial charge on any atom is 0.337 e. The van der Waals surface area contributed by atoms with Gasteiger partial charge in [0.2, 0.25) is 0 Å². The molecule has 0 aromatic heterocycles. The van der Waals surface area contributed by atoms with Crippen LogP contribution in [0.2, 0.25) is 0 Å². The summed E-state index contributed by atoms with van der Waals surface area (Å²) in [6, 6.07) is 4.56. The van der Waals surface area contributed by atoms with Gasteiger partial charge in [0, 0.05) is 0 Å². The minimum atomic E-state index is -0.466. The summed E-state index contributed by atoms with van der Waals surface area (Å²) in [6.07, 6.45) is 0.862. The first-order valence-corrected chi connectivity index (χ1v) is 6.05. The summed E-state index contributed by atoms with van der Waals surface area (Å²) < 4.78 is 15.0. The van der Waals surface area contributed by atoms with E-state index >= 15 is 0 Å². The number of methoxy groups -OCH3 is 2. The van der Waals surface area contributed by atoms with Crippen molar-refractivity contribution in [2.75, 3.05) is 14.2 Å². The van der Waals surface area contributed by atoms with Crippen LogP contribution >= 0.6 is 0 Å². The van der Waals surface area contributed by atoms with E-state index in [1.807, 2.05) is 6.92 Å². The Hall–Kier alpha value is -2.04. The minimum absolute atomic E-state index is 0.0232. The molecule has 0 radical (unpaired) electrons. The van der Waals surface area contributed by atoms with Crippen molar-refractivity contribution in [3.05, 3.63) is 23.8 Å². The molecule has 19 heavy (non-hydrogen) atoms. The highest BCUT2D eigenvalue weighted by Crippen LogP contribution is 2.40. The highest BCUT2D eigenvalue weighted by atomic mass is 16.6. The van der Waals surface area contributed by atoms with Crippen molar-refractivity contribution in [2.24, 2.45) is 11.8 Å². The summed E-state index contributed by atoms with van der Waals surface area (Å²) in [5.41, 5.74) is 0.346. The summed E-state index contributed by atoms with van der Waals surface area (Å²) in [4.78, 5) is 23.1. The largest absolute Gasteiger partial charge is 0.493 e. The van der Waals surface area contributed by atoms with Crippen LogP contribution in [0.4, 0.5) is 0 Å². The van der Waals surface area contributed by atoms with Crippen LogP contribution in [0.25, 0.3) is 0 Å². The normalized spacial score (nSPS) is 20.6. The maximum atomic E-state index is 11.8. The Morgan fingerprint density at radius 1 is 1.21 bits per heavy atom. The first-order chi connectivity index (χ1) is 9.06. The van der Waals surface area contributed by atoms with Gasteiger partial charge < -0.3 is 14.2 Å². The van der Waals surface area contributed by atoms with Gasteiger partial charge >= 0.3 is 11.9 Å². The van der Waals surface area contributed by atoms with Gasteiger partial charge in [0.05, 0.1) is 25.7 Å². The van der Waals surface area contributed by atoms with Gasteiger partial charge in [0.25, 0.3) is 0 Å². The highest BCUT2D eigenvalue weighted by Gasteiger charge is 2.41. The van der Waals surface area contributed by atoms with Gasteiger partial charge in [-0.05, 0) is 30.5 Å². The second kappa shape index (κ2) is 5.30. The third kappa shape index (κ3) is 2.86. The number of rotatable bonds is 4. The van der Waals surface area contributed by atoms with Crippen molar-refractivity contribution in [1.29, 1.82) is 0 Å². The van der Waals surface area contributed by atoms with Gasteiger partial charge in [-0.1, -0.05) is 6.92 Å². The molecule has 2 rings (SSSR count). The first kappa shape index (κ1) is 13.4. The Morgan fingerprint density at radius 2 is 1.89 bits per heavy atom. The summed E-state index contributed by atoms with van der Waals surface area (Å²) >= 11 is 0. The fourth-order valence-electron chi connectivity index (χ4n) is 1.83. The molecule has 1 aliphatic rings. The van der Waals surface area contributed by atoms with Crippen molar-refractivity contribution in [1.82, 2.24) is 0 Å². The molecule has 102 valence electrons. The molecule has 2 atom stereocenters. The smallest absolute Gasteiger partial charge is 0.337 e. The molecule has 5 nitrogen and oxygen atoms in total. The van der Waals surface area contributed by atoms with Crippen LogP contribution in [-0.4, -0.2) is 26.2 Å². The molecule has 1 fully saturated rings. The molecule has 0 bridgehead atoms. The van der Waals surface area contributed by atoms with Gasteiger partial charge in [0.1, 0.15) is 0 Å². The second-order valence-electron chi connectivity index (χ2n) is 4.60. The second-order valence-corrected chi connectivity index (χ2v) is 4.60. The number of hydrogen-bond donors (Lipinski definition) is 0. The van der Waals surface area contributed by atoms with Crippen molar-refractivity contribution in [3.63, 3.8) is 0 Å². The van der Waals surface area contributed by atoms with Crippen LogP contribution in [0.1, 0.15) is 23.7 Å². The van der Waals surface area contributed by atoms with E-state index in [-0.39, 0.29) is 11.9 Å². The van der Waals surface area contributed by atoms with Crippen molar-refractivity contribution < 1.29 is 23.8 Å². The molecular formula is C14H16O5. The fraction of sp³-hybridized carbons (Fsp3) is 0.429. The van der Waals surface area contributed by atoms with Crippen LogP contribution in [0.15, 0.2) is 18.2 Å². The van der Waals surface area contributed by atoms with E-state index < -0.39 is 5.97 Å². The summed E-state index contributed by atoms with van der Waals surface area (Å²) in [7, 11) is 2.75. The van der Waals surface area contributed by atoms with Gasteiger partial charge in [-0.3, -0.25) is 4.79 Å². The third-order valence-electron chi connectivity index (χ3n) is 3.21. The Morgan fingerprint density at radius 3 is 2.42 bits per heavy atom. The lowest BCUT2D eigenvalue weighted by Gasteiger charge is -2.10. The minimum Gasteiger partial charge on any atom is -0.493 e. The summed E-state index contributed by atoms with van der Waals surface area (Å²) in [6.45, 7) is 2.00. The average molecular weight is 264 g/mol. The first-order valence-electron chi connectivity index (χ1n) is 6.05. The number of carbonyl (C=O) groups is 2. The number of benzene rings is 1. The highest BCUT2D eigenvalue weighted by molar-refractivity contribution is 5.90. The molecule has 0 spiro atoms. The Balaban J connectivity index is 2.16. The molecule has 1 aliphatic carbocycles. The van der Waals surface area contributed by atoms with Gasteiger partial charge in [-0.15, -0.1) is 0 Å². The number of ether oxygens (including phenoxy) is 3. The van der Waals surface area contributed by atoms with E-state index in [9.17, 15) is 9.59 Å². The topological polar surface area (TPSA) is 61.8 Å². The van der Waals surface area contributed by atoms with Gasteiger partial charge in [-0.25, -0.2) is 4.79 Å². The predicted octanol–water partition coefficient (Wildman–Crippen LogP) is 2.04. The van der Waals surface area contributed by atoms with E-state index in [2.05, 4.69) is 4.74 Å². The fourth-order valence-corrected chi connectivity index (χ4v) is 1.83. The molecule has 0 heterocycles. The van der Waals surface area contributed by atoms with Crippen molar-refractivity contribution >= 4 is 11.9 Å². The molecule has 0 aliphatic heterocycles. The van der Waals surface area contributed by atoms with E-state index in [0.29, 0.717) is 23.0 Å². The zero-order valence-electron chi connectivity index (χ0n) is 11.1. The lowest BCUT2D eigenvalue weighted by Crippen LogP contribution is -2.12. The molecule has 0 N–H and O–H groups in total. The molecule has 1 aromatic rings.